The maximum Gasteiger partial charge on any atom is 0.586 e. The first-order valence-electron chi connectivity index (χ1n) is 8.21. The Hall–Kier alpha value is -2.11. The van der Waals surface area contributed by atoms with Crippen molar-refractivity contribution in [1.82, 2.24) is 5.32 Å². The molecular formula is C18H25F2NO3. The molecule has 0 fully saturated rings. The van der Waals surface area contributed by atoms with Crippen LogP contribution in [0.5, 0.6) is 11.5 Å². The zero-order valence-electron chi connectivity index (χ0n) is 14.4. The van der Waals surface area contributed by atoms with Crippen molar-refractivity contribution in [3.8, 4) is 11.5 Å². The average Bonchev–Trinajstić information content (AvgIpc) is 2.86. The molecule has 1 aliphatic heterocycles. The number of amides is 1. The predicted octanol–water partition coefficient (Wildman–Crippen LogP) is 4.74. The van der Waals surface area contributed by atoms with E-state index in [1.54, 1.807) is 6.07 Å². The molecular weight excluding hydrogens is 316 g/mol. The number of halogens is 2. The van der Waals surface area contributed by atoms with Crippen LogP contribution >= 0.6 is 0 Å². The van der Waals surface area contributed by atoms with E-state index in [2.05, 4.69) is 28.6 Å². The number of rotatable bonds is 6. The highest BCUT2D eigenvalue weighted by Crippen LogP contribution is 2.41. The van der Waals surface area contributed by atoms with Gasteiger partial charge < -0.3 is 14.8 Å². The van der Waals surface area contributed by atoms with Gasteiger partial charge in [0, 0.05) is 13.1 Å². The van der Waals surface area contributed by atoms with Crippen molar-refractivity contribution in [3.63, 3.8) is 0 Å². The smallest absolute Gasteiger partial charge is 0.395 e. The molecule has 0 radical (unpaired) electrons. The number of hydrogen-bond acceptors (Lipinski definition) is 3. The fourth-order valence-corrected chi connectivity index (χ4v) is 2.00. The van der Waals surface area contributed by atoms with Crippen LogP contribution in [0.15, 0.2) is 24.3 Å². The highest BCUT2D eigenvalue weighted by Gasteiger charge is 2.43. The first-order valence-corrected chi connectivity index (χ1v) is 8.21. The summed E-state index contributed by atoms with van der Waals surface area (Å²) in [6.07, 6.45) is 6.16. The highest BCUT2D eigenvalue weighted by atomic mass is 19.3. The molecule has 1 aromatic rings. The van der Waals surface area contributed by atoms with E-state index in [1.165, 1.54) is 63.4 Å². The minimum absolute atomic E-state index is 0.0212. The molecule has 0 spiro atoms. The van der Waals surface area contributed by atoms with Gasteiger partial charge in [-0.3, -0.25) is 4.79 Å². The number of unbranched alkanes of at least 4 members (excludes halogenated alkanes) is 4. The summed E-state index contributed by atoms with van der Waals surface area (Å²) in [4.78, 5) is 10.9. The van der Waals surface area contributed by atoms with Crippen molar-refractivity contribution in [1.29, 1.82) is 0 Å². The number of benzene rings is 1. The second kappa shape index (κ2) is 9.90. The predicted molar refractivity (Wildman–Crippen MR) is 90.2 cm³/mol. The Labute approximate surface area is 141 Å². The molecule has 1 amide bonds. The molecule has 0 bridgehead atoms. The van der Waals surface area contributed by atoms with E-state index in [1.807, 2.05) is 0 Å². The number of likely N-dealkylation sites (N-methyl/N-ethyl adjacent to an activating group) is 1. The maximum atomic E-state index is 12.7. The molecule has 0 aliphatic carbocycles. The number of nitrogens with one attached hydrogen (secondary N) is 1. The van der Waals surface area contributed by atoms with E-state index in [0.717, 1.165) is 0 Å². The number of carbonyl (C=O) groups is 1. The molecule has 4 nitrogen and oxygen atoms in total. The van der Waals surface area contributed by atoms with Gasteiger partial charge in [-0.25, -0.2) is 0 Å². The molecule has 0 saturated carbocycles. The van der Waals surface area contributed by atoms with Crippen LogP contribution < -0.4 is 14.8 Å². The molecule has 24 heavy (non-hydrogen) atoms. The molecule has 1 N–H and O–H groups in total. The van der Waals surface area contributed by atoms with Gasteiger partial charge in [0.1, 0.15) is 0 Å². The van der Waals surface area contributed by atoms with Gasteiger partial charge >= 0.3 is 6.29 Å². The Bertz CT molecular complexity index is 555. The van der Waals surface area contributed by atoms with Gasteiger partial charge in [-0.2, -0.15) is 0 Å². The Morgan fingerprint density at radius 2 is 1.75 bits per heavy atom. The van der Waals surface area contributed by atoms with Crippen molar-refractivity contribution < 1.29 is 23.0 Å². The summed E-state index contributed by atoms with van der Waals surface area (Å²) in [6, 6.07) is 4.28. The van der Waals surface area contributed by atoms with Crippen molar-refractivity contribution in [3.05, 3.63) is 29.8 Å². The van der Waals surface area contributed by atoms with Crippen LogP contribution in [0.25, 0.3) is 6.08 Å². The first kappa shape index (κ1) is 19.9. The van der Waals surface area contributed by atoms with Crippen molar-refractivity contribution >= 4 is 12.0 Å². The summed E-state index contributed by atoms with van der Waals surface area (Å²) >= 11 is 0. The third-order valence-electron chi connectivity index (χ3n) is 3.31. The van der Waals surface area contributed by atoms with Gasteiger partial charge in [0.25, 0.3) is 0 Å². The lowest BCUT2D eigenvalue weighted by molar-refractivity contribution is -0.286. The minimum atomic E-state index is -3.62. The monoisotopic (exact) mass is 341 g/mol. The summed E-state index contributed by atoms with van der Waals surface area (Å²) in [6.45, 7) is 4.49. The van der Waals surface area contributed by atoms with Gasteiger partial charge in [-0.1, -0.05) is 52.0 Å². The third-order valence-corrected chi connectivity index (χ3v) is 3.31. The highest BCUT2D eigenvalue weighted by molar-refractivity contribution is 5.91. The van der Waals surface area contributed by atoms with E-state index >= 15 is 0 Å². The molecule has 0 aromatic heterocycles. The largest absolute Gasteiger partial charge is 0.586 e. The van der Waals surface area contributed by atoms with Crippen LogP contribution in [0.1, 0.15) is 51.5 Å². The molecule has 0 saturated heterocycles. The van der Waals surface area contributed by atoms with Crippen LogP contribution in [0.3, 0.4) is 0 Å². The summed E-state index contributed by atoms with van der Waals surface area (Å²) in [7, 11) is 1.49. The Morgan fingerprint density at radius 1 is 1.12 bits per heavy atom. The number of hydrogen-bond donors (Lipinski definition) is 1. The SMILES string of the molecule is CCCCCCC.CNC(=O)/C=C/c1ccc2c(c1)OC(F)(F)O2. The Morgan fingerprint density at radius 3 is 2.33 bits per heavy atom. The van der Waals surface area contributed by atoms with Crippen LogP contribution in [0.4, 0.5) is 8.78 Å². The molecule has 1 aromatic carbocycles. The zero-order valence-corrected chi connectivity index (χ0v) is 14.4. The topological polar surface area (TPSA) is 47.6 Å². The quantitative estimate of drug-likeness (QED) is 0.600. The molecule has 0 atom stereocenters. The van der Waals surface area contributed by atoms with Crippen molar-refractivity contribution in [2.75, 3.05) is 7.05 Å². The normalized spacial score (nSPS) is 14.2. The van der Waals surface area contributed by atoms with Crippen LogP contribution in [-0.4, -0.2) is 19.2 Å². The molecule has 134 valence electrons. The van der Waals surface area contributed by atoms with Crippen LogP contribution in [0.2, 0.25) is 0 Å². The van der Waals surface area contributed by atoms with Gasteiger partial charge in [0.15, 0.2) is 11.5 Å². The molecule has 1 aliphatic rings. The fourth-order valence-electron chi connectivity index (χ4n) is 2.00. The number of alkyl halides is 2. The van der Waals surface area contributed by atoms with Crippen molar-refractivity contribution in [2.24, 2.45) is 0 Å². The van der Waals surface area contributed by atoms with Gasteiger partial charge in [-0.05, 0) is 23.8 Å². The first-order chi connectivity index (χ1) is 11.4. The number of ether oxygens (including phenoxy) is 2. The standard InChI is InChI=1S/C11H9F2NO3.C7H16/c1-14-10(15)5-3-7-2-4-8-9(6-7)17-11(12,13)16-8;1-3-5-7-6-4-2/h2-6H,1H3,(H,14,15);3-7H2,1-2H3/b5-3+;. The van der Waals surface area contributed by atoms with Crippen LogP contribution in [0, 0.1) is 0 Å². The average molecular weight is 341 g/mol. The van der Waals surface area contributed by atoms with E-state index in [0.29, 0.717) is 5.56 Å². The second-order valence-corrected chi connectivity index (χ2v) is 5.38. The third kappa shape index (κ3) is 6.98. The summed E-state index contributed by atoms with van der Waals surface area (Å²) in [5.41, 5.74) is 0.564. The van der Waals surface area contributed by atoms with Gasteiger partial charge in [0.05, 0.1) is 0 Å². The van der Waals surface area contributed by atoms with Crippen molar-refractivity contribution in [2.45, 2.75) is 52.2 Å². The Balaban J connectivity index is 0.000000351. The molecule has 1 heterocycles. The van der Waals surface area contributed by atoms with E-state index in [4.69, 9.17) is 0 Å². The maximum absolute atomic E-state index is 12.7. The lowest BCUT2D eigenvalue weighted by Gasteiger charge is -2.04. The van der Waals surface area contributed by atoms with E-state index in [9.17, 15) is 13.6 Å². The second-order valence-electron chi connectivity index (χ2n) is 5.38. The lowest BCUT2D eigenvalue weighted by Crippen LogP contribution is -2.25. The van der Waals surface area contributed by atoms with E-state index in [-0.39, 0.29) is 17.4 Å². The lowest BCUT2D eigenvalue weighted by atomic mass is 10.2. The van der Waals surface area contributed by atoms with Crippen LogP contribution in [-0.2, 0) is 4.79 Å². The number of fused-ring (bicyclic) bond motifs is 1. The number of carbonyl (C=O) groups excluding carboxylic acids is 1. The zero-order chi connectivity index (χ0) is 18.0. The van der Waals surface area contributed by atoms with Gasteiger partial charge in [0.2, 0.25) is 5.91 Å². The molecule has 6 heteroatoms. The molecule has 0 unspecified atom stereocenters. The Kier molecular flexibility index (Phi) is 8.22. The summed E-state index contributed by atoms with van der Waals surface area (Å²) < 4.78 is 33.9. The summed E-state index contributed by atoms with van der Waals surface area (Å²) in [5.74, 6) is -0.353. The fraction of sp³-hybridized carbons (Fsp3) is 0.500. The minimum Gasteiger partial charge on any atom is -0.395 e. The van der Waals surface area contributed by atoms with Gasteiger partial charge in [-0.15, -0.1) is 8.78 Å². The van der Waals surface area contributed by atoms with E-state index < -0.39 is 6.29 Å². The molecule has 2 rings (SSSR count). The summed E-state index contributed by atoms with van der Waals surface area (Å²) in [5, 5.41) is 2.40.